The van der Waals surface area contributed by atoms with Gasteiger partial charge in [0.05, 0.1) is 4.92 Å². The van der Waals surface area contributed by atoms with Gasteiger partial charge in [0, 0.05) is 38.7 Å². The summed E-state index contributed by atoms with van der Waals surface area (Å²) in [6.07, 6.45) is 0.945. The Kier molecular flexibility index (Phi) is 5.46. The molecule has 0 saturated carbocycles. The number of aryl methyl sites for hydroxylation is 1. The van der Waals surface area contributed by atoms with Crippen LogP contribution in [0.15, 0.2) is 48.5 Å². The molecule has 1 aliphatic heterocycles. The maximum Gasteiger partial charge on any atom is 0.292 e. The summed E-state index contributed by atoms with van der Waals surface area (Å²) in [5.74, 6) is -0.234. The standard InChI is InChI=1S/C19H20FN3O3/c20-16-8-5-15(6-9-16)7-10-19(24)22-13-11-21(12-14-22)17-3-1-2-4-18(17)23(25)26/h1-6,8-9H,7,10-14H2. The van der Waals surface area contributed by atoms with Crippen LogP contribution in [0.1, 0.15) is 12.0 Å². The van der Waals surface area contributed by atoms with E-state index in [2.05, 4.69) is 0 Å². The van der Waals surface area contributed by atoms with Crippen LogP contribution < -0.4 is 4.90 Å². The van der Waals surface area contributed by atoms with Crippen molar-refractivity contribution in [1.29, 1.82) is 0 Å². The summed E-state index contributed by atoms with van der Waals surface area (Å²) in [5.41, 5.74) is 1.61. The maximum atomic E-state index is 12.9. The molecule has 0 atom stereocenters. The van der Waals surface area contributed by atoms with E-state index in [-0.39, 0.29) is 22.3 Å². The lowest BCUT2D eigenvalue weighted by molar-refractivity contribution is -0.384. The number of benzene rings is 2. The minimum absolute atomic E-state index is 0.0523. The summed E-state index contributed by atoms with van der Waals surface area (Å²) >= 11 is 0. The van der Waals surface area contributed by atoms with Crippen molar-refractivity contribution < 1.29 is 14.1 Å². The summed E-state index contributed by atoms with van der Waals surface area (Å²) in [6, 6.07) is 12.8. The van der Waals surface area contributed by atoms with E-state index in [0.717, 1.165) is 5.56 Å². The van der Waals surface area contributed by atoms with Crippen molar-refractivity contribution in [3.05, 3.63) is 70.0 Å². The largest absolute Gasteiger partial charge is 0.362 e. The van der Waals surface area contributed by atoms with Crippen molar-refractivity contribution in [2.24, 2.45) is 0 Å². The van der Waals surface area contributed by atoms with Gasteiger partial charge in [0.15, 0.2) is 0 Å². The van der Waals surface area contributed by atoms with E-state index in [1.54, 1.807) is 35.2 Å². The van der Waals surface area contributed by atoms with Crippen LogP contribution in [0.3, 0.4) is 0 Å². The molecule has 1 heterocycles. The van der Waals surface area contributed by atoms with Gasteiger partial charge in [-0.05, 0) is 30.2 Å². The average molecular weight is 357 g/mol. The fourth-order valence-corrected chi connectivity index (χ4v) is 3.14. The van der Waals surface area contributed by atoms with E-state index in [1.165, 1.54) is 18.2 Å². The van der Waals surface area contributed by atoms with E-state index in [4.69, 9.17) is 0 Å². The zero-order valence-corrected chi connectivity index (χ0v) is 14.3. The minimum atomic E-state index is -0.379. The molecule has 0 bridgehead atoms. The van der Waals surface area contributed by atoms with Crippen LogP contribution in [0, 0.1) is 15.9 Å². The van der Waals surface area contributed by atoms with Gasteiger partial charge in [0.1, 0.15) is 11.5 Å². The van der Waals surface area contributed by atoms with Crippen molar-refractivity contribution in [2.75, 3.05) is 31.1 Å². The second kappa shape index (κ2) is 7.95. The maximum absolute atomic E-state index is 12.9. The first kappa shape index (κ1) is 17.8. The second-order valence-electron chi connectivity index (χ2n) is 6.24. The molecule has 26 heavy (non-hydrogen) atoms. The normalized spacial score (nSPS) is 14.3. The number of carbonyl (C=O) groups excluding carboxylic acids is 1. The number of carbonyl (C=O) groups is 1. The van der Waals surface area contributed by atoms with Gasteiger partial charge >= 0.3 is 0 Å². The van der Waals surface area contributed by atoms with Crippen LogP contribution in [0.25, 0.3) is 0 Å². The number of piperazine rings is 1. The summed E-state index contributed by atoms with van der Waals surface area (Å²) in [4.78, 5) is 26.9. The molecule has 2 aromatic carbocycles. The molecule has 136 valence electrons. The first-order valence-corrected chi connectivity index (χ1v) is 8.55. The Morgan fingerprint density at radius 3 is 2.35 bits per heavy atom. The summed E-state index contributed by atoms with van der Waals surface area (Å²) < 4.78 is 12.9. The third kappa shape index (κ3) is 4.17. The summed E-state index contributed by atoms with van der Waals surface area (Å²) in [5, 5.41) is 11.2. The molecule has 0 N–H and O–H groups in total. The Morgan fingerprint density at radius 1 is 1.04 bits per heavy atom. The quantitative estimate of drug-likeness (QED) is 0.609. The number of para-hydroxylation sites is 2. The van der Waals surface area contributed by atoms with Crippen LogP contribution in [-0.2, 0) is 11.2 Å². The number of nitrogens with zero attached hydrogens (tertiary/aromatic N) is 3. The number of nitro groups is 1. The fourth-order valence-electron chi connectivity index (χ4n) is 3.14. The lowest BCUT2D eigenvalue weighted by Crippen LogP contribution is -2.49. The Labute approximate surface area is 151 Å². The molecular weight excluding hydrogens is 337 g/mol. The molecule has 0 unspecified atom stereocenters. The number of hydrogen-bond acceptors (Lipinski definition) is 4. The van der Waals surface area contributed by atoms with Gasteiger partial charge in [0.2, 0.25) is 5.91 Å². The van der Waals surface area contributed by atoms with E-state index in [0.29, 0.717) is 44.7 Å². The van der Waals surface area contributed by atoms with Crippen LogP contribution in [-0.4, -0.2) is 41.9 Å². The molecule has 6 nitrogen and oxygen atoms in total. The highest BCUT2D eigenvalue weighted by Crippen LogP contribution is 2.28. The molecule has 7 heteroatoms. The Bertz CT molecular complexity index is 787. The number of anilines is 1. The van der Waals surface area contributed by atoms with E-state index in [1.807, 2.05) is 4.90 Å². The monoisotopic (exact) mass is 357 g/mol. The first-order valence-electron chi connectivity index (χ1n) is 8.55. The van der Waals surface area contributed by atoms with Crippen molar-refractivity contribution in [1.82, 2.24) is 4.90 Å². The Hall–Kier alpha value is -2.96. The SMILES string of the molecule is O=C(CCc1ccc(F)cc1)N1CCN(c2ccccc2[N+](=O)[O-])CC1. The number of amides is 1. The Morgan fingerprint density at radius 2 is 1.69 bits per heavy atom. The van der Waals surface area contributed by atoms with E-state index >= 15 is 0 Å². The predicted molar refractivity (Wildman–Crippen MR) is 96.6 cm³/mol. The lowest BCUT2D eigenvalue weighted by Gasteiger charge is -2.35. The lowest BCUT2D eigenvalue weighted by atomic mass is 10.1. The smallest absolute Gasteiger partial charge is 0.292 e. The van der Waals surface area contributed by atoms with Gasteiger partial charge in [-0.15, -0.1) is 0 Å². The zero-order valence-electron chi connectivity index (χ0n) is 14.3. The van der Waals surface area contributed by atoms with E-state index < -0.39 is 0 Å². The van der Waals surface area contributed by atoms with Gasteiger partial charge in [-0.2, -0.15) is 0 Å². The molecule has 0 aliphatic carbocycles. The third-order valence-electron chi connectivity index (χ3n) is 4.59. The average Bonchev–Trinajstić information content (AvgIpc) is 2.67. The number of rotatable bonds is 5. The predicted octanol–water partition coefficient (Wildman–Crippen LogP) is 3.02. The highest BCUT2D eigenvalue weighted by atomic mass is 19.1. The van der Waals surface area contributed by atoms with Crippen LogP contribution in [0.4, 0.5) is 15.8 Å². The second-order valence-corrected chi connectivity index (χ2v) is 6.24. The number of halogens is 1. The molecule has 1 amide bonds. The van der Waals surface area contributed by atoms with Gasteiger partial charge in [0.25, 0.3) is 5.69 Å². The van der Waals surface area contributed by atoms with Gasteiger partial charge in [-0.1, -0.05) is 24.3 Å². The molecule has 2 aromatic rings. The van der Waals surface area contributed by atoms with E-state index in [9.17, 15) is 19.3 Å². The van der Waals surface area contributed by atoms with Gasteiger partial charge in [-0.25, -0.2) is 4.39 Å². The molecule has 0 radical (unpaired) electrons. The van der Waals surface area contributed by atoms with Gasteiger partial charge in [-0.3, -0.25) is 14.9 Å². The van der Waals surface area contributed by atoms with Crippen molar-refractivity contribution in [2.45, 2.75) is 12.8 Å². The minimum Gasteiger partial charge on any atom is -0.362 e. The van der Waals surface area contributed by atoms with Crippen molar-refractivity contribution in [3.63, 3.8) is 0 Å². The molecule has 1 saturated heterocycles. The topological polar surface area (TPSA) is 66.7 Å². The summed E-state index contributed by atoms with van der Waals surface area (Å²) in [6.45, 7) is 2.20. The Balaban J connectivity index is 1.54. The molecule has 0 aromatic heterocycles. The molecule has 3 rings (SSSR count). The van der Waals surface area contributed by atoms with Crippen molar-refractivity contribution >= 4 is 17.3 Å². The van der Waals surface area contributed by atoms with Crippen molar-refractivity contribution in [3.8, 4) is 0 Å². The third-order valence-corrected chi connectivity index (χ3v) is 4.59. The fraction of sp³-hybridized carbons (Fsp3) is 0.316. The number of hydrogen-bond donors (Lipinski definition) is 0. The highest BCUT2D eigenvalue weighted by Gasteiger charge is 2.25. The van der Waals surface area contributed by atoms with Crippen LogP contribution >= 0.6 is 0 Å². The van der Waals surface area contributed by atoms with Gasteiger partial charge < -0.3 is 9.80 Å². The van der Waals surface area contributed by atoms with Crippen LogP contribution in [0.2, 0.25) is 0 Å². The summed E-state index contributed by atoms with van der Waals surface area (Å²) in [7, 11) is 0. The molecule has 1 fully saturated rings. The highest BCUT2D eigenvalue weighted by molar-refractivity contribution is 5.77. The number of nitro benzene ring substituents is 1. The van der Waals surface area contributed by atoms with Crippen LogP contribution in [0.5, 0.6) is 0 Å². The first-order chi connectivity index (χ1) is 12.5. The molecule has 0 spiro atoms. The molecular formula is C19H20FN3O3. The zero-order chi connectivity index (χ0) is 18.5. The molecule has 1 aliphatic rings.